The smallest absolute Gasteiger partial charge is 0.358 e. The largest absolute Gasteiger partial charge is 0.461 e. The summed E-state index contributed by atoms with van der Waals surface area (Å²) in [6.45, 7) is 5.84. The molecule has 0 aliphatic heterocycles. The highest BCUT2D eigenvalue weighted by molar-refractivity contribution is 5.88. The molecule has 0 saturated heterocycles. The molecule has 0 saturated carbocycles. The third kappa shape index (κ3) is 2.92. The molecule has 2 aromatic heterocycles. The Kier molecular flexibility index (Phi) is 4.16. The molecule has 0 bridgehead atoms. The van der Waals surface area contributed by atoms with E-state index in [4.69, 9.17) is 9.15 Å². The highest BCUT2D eigenvalue weighted by Crippen LogP contribution is 2.20. The summed E-state index contributed by atoms with van der Waals surface area (Å²) < 4.78 is 11.7. The molecule has 1 aromatic carbocycles. The van der Waals surface area contributed by atoms with Crippen molar-refractivity contribution in [3.05, 3.63) is 57.2 Å². The maximum Gasteiger partial charge on any atom is 0.358 e. The minimum Gasteiger partial charge on any atom is -0.461 e. The summed E-state index contributed by atoms with van der Waals surface area (Å²) in [5.41, 5.74) is 2.52. The number of nitrogens with zero attached hydrogens (tertiary/aromatic N) is 3. The fourth-order valence-electron chi connectivity index (χ4n) is 2.59. The molecule has 124 valence electrons. The minimum atomic E-state index is -0.483. The maximum atomic E-state index is 12.1. The average molecular weight is 327 g/mol. The monoisotopic (exact) mass is 327 g/mol. The van der Waals surface area contributed by atoms with Gasteiger partial charge in [-0.25, -0.2) is 14.3 Å². The van der Waals surface area contributed by atoms with Gasteiger partial charge in [0.1, 0.15) is 5.58 Å². The van der Waals surface area contributed by atoms with E-state index in [1.807, 2.05) is 19.1 Å². The fourth-order valence-corrected chi connectivity index (χ4v) is 2.59. The van der Waals surface area contributed by atoms with Crippen molar-refractivity contribution in [1.29, 1.82) is 0 Å². The van der Waals surface area contributed by atoms with E-state index in [2.05, 4.69) is 10.3 Å². The van der Waals surface area contributed by atoms with Crippen molar-refractivity contribution >= 4 is 16.9 Å². The van der Waals surface area contributed by atoms with Gasteiger partial charge in [-0.15, -0.1) is 5.10 Å². The number of benzene rings is 1. The summed E-state index contributed by atoms with van der Waals surface area (Å²) in [5.74, 6) is -0.483. The highest BCUT2D eigenvalue weighted by Gasteiger charge is 2.20. The molecule has 0 aliphatic carbocycles. The van der Waals surface area contributed by atoms with Gasteiger partial charge in [0.05, 0.1) is 18.8 Å². The van der Waals surface area contributed by atoms with Gasteiger partial charge in [0, 0.05) is 11.5 Å². The van der Waals surface area contributed by atoms with E-state index in [-0.39, 0.29) is 18.8 Å². The molecule has 7 nitrogen and oxygen atoms in total. The lowest BCUT2D eigenvalue weighted by Crippen LogP contribution is -2.16. The lowest BCUT2D eigenvalue weighted by atomic mass is 10.1. The van der Waals surface area contributed by atoms with E-state index in [0.717, 1.165) is 10.9 Å². The first-order chi connectivity index (χ1) is 11.5. The van der Waals surface area contributed by atoms with Gasteiger partial charge < -0.3 is 9.15 Å². The van der Waals surface area contributed by atoms with Crippen LogP contribution in [0.5, 0.6) is 0 Å². The van der Waals surface area contributed by atoms with Crippen molar-refractivity contribution in [3.63, 3.8) is 0 Å². The van der Waals surface area contributed by atoms with Gasteiger partial charge in [0.25, 0.3) is 0 Å². The topological polar surface area (TPSA) is 87.2 Å². The average Bonchev–Trinajstić information content (AvgIpc) is 2.87. The Morgan fingerprint density at radius 2 is 2.08 bits per heavy atom. The molecule has 0 amide bonds. The quantitative estimate of drug-likeness (QED) is 0.539. The number of rotatable bonds is 4. The Bertz CT molecular complexity index is 972. The van der Waals surface area contributed by atoms with E-state index in [1.165, 1.54) is 10.7 Å². The van der Waals surface area contributed by atoms with Gasteiger partial charge in [-0.05, 0) is 38.0 Å². The minimum absolute atomic E-state index is 0.222. The van der Waals surface area contributed by atoms with E-state index in [1.54, 1.807) is 19.9 Å². The molecular weight excluding hydrogens is 310 g/mol. The summed E-state index contributed by atoms with van der Waals surface area (Å²) in [4.78, 5) is 23.9. The molecule has 0 radical (unpaired) electrons. The second-order valence-electron chi connectivity index (χ2n) is 5.49. The maximum absolute atomic E-state index is 12.1. The van der Waals surface area contributed by atoms with Crippen LogP contribution in [-0.4, -0.2) is 27.6 Å². The molecule has 2 heterocycles. The van der Waals surface area contributed by atoms with Crippen molar-refractivity contribution in [2.75, 3.05) is 6.61 Å². The van der Waals surface area contributed by atoms with Gasteiger partial charge in [0.15, 0.2) is 5.69 Å². The van der Waals surface area contributed by atoms with Crippen LogP contribution in [0, 0.1) is 13.8 Å². The molecule has 7 heteroatoms. The number of aryl methyl sites for hydroxylation is 2. The van der Waals surface area contributed by atoms with Crippen molar-refractivity contribution < 1.29 is 13.9 Å². The van der Waals surface area contributed by atoms with Crippen LogP contribution in [0.1, 0.15) is 34.2 Å². The van der Waals surface area contributed by atoms with Gasteiger partial charge >= 0.3 is 11.6 Å². The number of aromatic nitrogens is 3. The van der Waals surface area contributed by atoms with E-state index < -0.39 is 11.6 Å². The molecule has 3 rings (SSSR count). The summed E-state index contributed by atoms with van der Waals surface area (Å²) in [5, 5.41) is 8.74. The Morgan fingerprint density at radius 3 is 2.83 bits per heavy atom. The first kappa shape index (κ1) is 15.9. The zero-order valence-electron chi connectivity index (χ0n) is 13.7. The third-order valence-corrected chi connectivity index (χ3v) is 3.68. The molecule has 0 aliphatic rings. The number of hydrogen-bond donors (Lipinski definition) is 0. The SMILES string of the molecule is CCOC(=O)c1c(C)nnn1Cc1cc(=O)oc2cc(C)ccc12. The molecule has 0 spiro atoms. The zero-order chi connectivity index (χ0) is 17.3. The van der Waals surface area contributed by atoms with Crippen LogP contribution in [0.3, 0.4) is 0 Å². The predicted octanol–water partition coefficient (Wildman–Crippen LogP) is 2.23. The molecular formula is C17H17N3O4. The van der Waals surface area contributed by atoms with Crippen LogP contribution in [-0.2, 0) is 11.3 Å². The number of hydrogen-bond acceptors (Lipinski definition) is 6. The number of ether oxygens (including phenoxy) is 1. The van der Waals surface area contributed by atoms with Gasteiger partial charge in [-0.3, -0.25) is 0 Å². The number of fused-ring (bicyclic) bond motifs is 1. The van der Waals surface area contributed by atoms with E-state index in [0.29, 0.717) is 16.8 Å². The molecule has 24 heavy (non-hydrogen) atoms. The molecule has 0 N–H and O–H groups in total. The van der Waals surface area contributed by atoms with E-state index in [9.17, 15) is 9.59 Å². The predicted molar refractivity (Wildman–Crippen MR) is 87.0 cm³/mol. The summed E-state index contributed by atoms with van der Waals surface area (Å²) in [6, 6.07) is 7.03. The van der Waals surface area contributed by atoms with Crippen LogP contribution in [0.15, 0.2) is 33.5 Å². The van der Waals surface area contributed by atoms with E-state index >= 15 is 0 Å². The summed E-state index contributed by atoms with van der Waals surface area (Å²) in [6.07, 6.45) is 0. The lowest BCUT2D eigenvalue weighted by Gasteiger charge is -2.09. The Balaban J connectivity index is 2.08. The number of esters is 1. The fraction of sp³-hybridized carbons (Fsp3) is 0.294. The van der Waals surface area contributed by atoms with Gasteiger partial charge in [-0.1, -0.05) is 17.3 Å². The van der Waals surface area contributed by atoms with Crippen molar-refractivity contribution in [3.8, 4) is 0 Å². The van der Waals surface area contributed by atoms with Gasteiger partial charge in [0.2, 0.25) is 0 Å². The Morgan fingerprint density at radius 1 is 1.29 bits per heavy atom. The van der Waals surface area contributed by atoms with Crippen molar-refractivity contribution in [2.45, 2.75) is 27.3 Å². The summed E-state index contributed by atoms with van der Waals surface area (Å²) in [7, 11) is 0. The standard InChI is InChI=1S/C17H17N3O4/c1-4-23-17(22)16-11(3)18-19-20(16)9-12-8-15(21)24-14-7-10(2)5-6-13(12)14/h5-8H,4,9H2,1-3H3. The van der Waals surface area contributed by atoms with Crippen LogP contribution >= 0.6 is 0 Å². The Hall–Kier alpha value is -2.96. The summed E-state index contributed by atoms with van der Waals surface area (Å²) >= 11 is 0. The lowest BCUT2D eigenvalue weighted by molar-refractivity contribution is 0.0511. The molecule has 0 unspecified atom stereocenters. The van der Waals surface area contributed by atoms with Gasteiger partial charge in [-0.2, -0.15) is 0 Å². The first-order valence-corrected chi connectivity index (χ1v) is 7.60. The highest BCUT2D eigenvalue weighted by atomic mass is 16.5. The van der Waals surface area contributed by atoms with Crippen molar-refractivity contribution in [1.82, 2.24) is 15.0 Å². The van der Waals surface area contributed by atoms with Crippen LogP contribution in [0.4, 0.5) is 0 Å². The molecule has 0 fully saturated rings. The molecule has 0 atom stereocenters. The second-order valence-corrected chi connectivity index (χ2v) is 5.49. The van der Waals surface area contributed by atoms with Crippen LogP contribution in [0.2, 0.25) is 0 Å². The van der Waals surface area contributed by atoms with Crippen molar-refractivity contribution in [2.24, 2.45) is 0 Å². The zero-order valence-corrected chi connectivity index (χ0v) is 13.7. The Labute approximate surface area is 137 Å². The van der Waals surface area contributed by atoms with Crippen LogP contribution in [0.25, 0.3) is 11.0 Å². The normalized spacial score (nSPS) is 11.0. The second kappa shape index (κ2) is 6.27. The first-order valence-electron chi connectivity index (χ1n) is 7.60. The third-order valence-electron chi connectivity index (χ3n) is 3.68. The number of carbonyl (C=O) groups excluding carboxylic acids is 1. The molecule has 3 aromatic rings. The number of carbonyl (C=O) groups is 1. The van der Waals surface area contributed by atoms with Crippen LogP contribution < -0.4 is 5.63 Å².